The molecular weight excluding hydrogens is 293 g/mol. The molecule has 21 heavy (non-hydrogen) atoms. The highest BCUT2D eigenvalue weighted by atomic mass is 32.2. The van der Waals surface area contributed by atoms with E-state index in [9.17, 15) is 12.8 Å². The van der Waals surface area contributed by atoms with E-state index in [2.05, 4.69) is 10.0 Å². The lowest BCUT2D eigenvalue weighted by Gasteiger charge is -2.31. The molecule has 0 aliphatic carbocycles. The summed E-state index contributed by atoms with van der Waals surface area (Å²) in [6.07, 6.45) is 1.86. The van der Waals surface area contributed by atoms with Crippen LogP contribution < -0.4 is 10.0 Å². The van der Waals surface area contributed by atoms with E-state index in [1.807, 2.05) is 7.05 Å². The third-order valence-corrected chi connectivity index (χ3v) is 5.11. The molecular formula is C14H22FN3O2S. The van der Waals surface area contributed by atoms with Crippen LogP contribution in [0.15, 0.2) is 18.2 Å². The summed E-state index contributed by atoms with van der Waals surface area (Å²) in [5.41, 5.74) is 0.947. The molecule has 1 heterocycles. The van der Waals surface area contributed by atoms with Crippen molar-refractivity contribution in [3.05, 3.63) is 29.6 Å². The van der Waals surface area contributed by atoms with Gasteiger partial charge in [-0.05, 0) is 63.0 Å². The van der Waals surface area contributed by atoms with Crippen molar-refractivity contribution < 1.29 is 12.8 Å². The van der Waals surface area contributed by atoms with Crippen LogP contribution in [0.5, 0.6) is 0 Å². The highest BCUT2D eigenvalue weighted by Gasteiger charge is 2.28. The molecule has 1 aliphatic rings. The normalized spacial score (nSPS) is 20.4. The minimum absolute atomic E-state index is 0.267. The fraction of sp³-hybridized carbons (Fsp3) is 0.571. The maximum atomic E-state index is 13.4. The minimum atomic E-state index is -3.63. The molecule has 1 atom stereocenters. The average Bonchev–Trinajstić information content (AvgIpc) is 2.37. The van der Waals surface area contributed by atoms with Crippen LogP contribution >= 0.6 is 0 Å². The summed E-state index contributed by atoms with van der Waals surface area (Å²) in [4.78, 5) is 0. The molecule has 118 valence electrons. The first-order valence-electron chi connectivity index (χ1n) is 7.10. The second-order valence-electron chi connectivity index (χ2n) is 5.55. The molecule has 1 unspecified atom stereocenters. The monoisotopic (exact) mass is 315 g/mol. The molecule has 0 bridgehead atoms. The summed E-state index contributed by atoms with van der Waals surface area (Å²) in [5, 5.41) is 3.08. The van der Waals surface area contributed by atoms with E-state index in [1.165, 1.54) is 16.4 Å². The van der Waals surface area contributed by atoms with Crippen molar-refractivity contribution in [3.63, 3.8) is 0 Å². The quantitative estimate of drug-likeness (QED) is 0.870. The van der Waals surface area contributed by atoms with Gasteiger partial charge in [-0.25, -0.2) is 4.39 Å². The van der Waals surface area contributed by atoms with Gasteiger partial charge in [-0.15, -0.1) is 0 Å². The van der Waals surface area contributed by atoms with Crippen LogP contribution in [0.4, 0.5) is 10.1 Å². The third kappa shape index (κ3) is 4.39. The van der Waals surface area contributed by atoms with E-state index in [0.717, 1.165) is 19.4 Å². The Morgan fingerprint density at radius 1 is 1.38 bits per heavy atom. The van der Waals surface area contributed by atoms with E-state index in [4.69, 9.17) is 0 Å². The van der Waals surface area contributed by atoms with Crippen LogP contribution in [0.3, 0.4) is 0 Å². The Balaban J connectivity index is 2.10. The number of hydrogen-bond acceptors (Lipinski definition) is 3. The van der Waals surface area contributed by atoms with Crippen molar-refractivity contribution in [1.29, 1.82) is 0 Å². The summed E-state index contributed by atoms with van der Waals surface area (Å²) < 4.78 is 42.1. The lowest BCUT2D eigenvalue weighted by molar-refractivity contribution is 0.264. The fourth-order valence-corrected chi connectivity index (χ4v) is 4.03. The Hall–Kier alpha value is -1.18. The summed E-state index contributed by atoms with van der Waals surface area (Å²) >= 11 is 0. The molecule has 1 saturated heterocycles. The largest absolute Gasteiger partial charge is 0.319 e. The zero-order chi connectivity index (χ0) is 15.5. The van der Waals surface area contributed by atoms with Gasteiger partial charge in [0.15, 0.2) is 0 Å². The number of rotatable bonds is 5. The van der Waals surface area contributed by atoms with Gasteiger partial charge in [0.2, 0.25) is 0 Å². The zero-order valence-corrected chi connectivity index (χ0v) is 13.2. The van der Waals surface area contributed by atoms with Gasteiger partial charge in [-0.2, -0.15) is 12.7 Å². The van der Waals surface area contributed by atoms with Crippen molar-refractivity contribution in [1.82, 2.24) is 9.62 Å². The molecule has 0 radical (unpaired) electrons. The van der Waals surface area contributed by atoms with Crippen LogP contribution in [0.1, 0.15) is 18.4 Å². The molecule has 0 amide bonds. The first kappa shape index (κ1) is 16.2. The van der Waals surface area contributed by atoms with E-state index >= 15 is 0 Å². The van der Waals surface area contributed by atoms with E-state index in [1.54, 1.807) is 13.0 Å². The molecule has 1 fully saturated rings. The van der Waals surface area contributed by atoms with Gasteiger partial charge in [0.05, 0.1) is 5.69 Å². The van der Waals surface area contributed by atoms with Crippen LogP contribution in [-0.4, -0.2) is 39.4 Å². The number of halogens is 1. The number of aryl methyl sites for hydroxylation is 1. The Kier molecular flexibility index (Phi) is 5.18. The Morgan fingerprint density at radius 3 is 2.81 bits per heavy atom. The molecule has 5 nitrogen and oxygen atoms in total. The van der Waals surface area contributed by atoms with Crippen molar-refractivity contribution in [3.8, 4) is 0 Å². The summed E-state index contributed by atoms with van der Waals surface area (Å²) in [5.74, 6) is -0.131. The Labute approximate surface area is 125 Å². The van der Waals surface area contributed by atoms with Gasteiger partial charge in [-0.1, -0.05) is 0 Å². The first-order valence-corrected chi connectivity index (χ1v) is 8.54. The average molecular weight is 315 g/mol. The molecule has 1 aliphatic heterocycles. The van der Waals surface area contributed by atoms with Crippen molar-refractivity contribution >= 4 is 15.9 Å². The smallest absolute Gasteiger partial charge is 0.301 e. The summed E-state index contributed by atoms with van der Waals surface area (Å²) in [6.45, 7) is 3.52. The number of nitrogens with zero attached hydrogens (tertiary/aromatic N) is 1. The lowest BCUT2D eigenvalue weighted by Crippen LogP contribution is -2.44. The highest BCUT2D eigenvalue weighted by Crippen LogP contribution is 2.21. The fourth-order valence-electron chi connectivity index (χ4n) is 2.71. The first-order chi connectivity index (χ1) is 9.90. The van der Waals surface area contributed by atoms with Crippen LogP contribution in [0.25, 0.3) is 0 Å². The molecule has 7 heteroatoms. The Morgan fingerprint density at radius 2 is 2.14 bits per heavy atom. The number of piperidine rings is 1. The number of hydrogen-bond donors (Lipinski definition) is 2. The topological polar surface area (TPSA) is 61.4 Å². The van der Waals surface area contributed by atoms with Crippen LogP contribution in [0, 0.1) is 18.7 Å². The molecule has 1 aromatic carbocycles. The van der Waals surface area contributed by atoms with Crippen LogP contribution in [0.2, 0.25) is 0 Å². The van der Waals surface area contributed by atoms with Gasteiger partial charge < -0.3 is 5.32 Å². The van der Waals surface area contributed by atoms with Gasteiger partial charge in [-0.3, -0.25) is 4.72 Å². The summed E-state index contributed by atoms with van der Waals surface area (Å²) in [6, 6.07) is 4.18. The van der Waals surface area contributed by atoms with Crippen LogP contribution in [-0.2, 0) is 10.2 Å². The maximum Gasteiger partial charge on any atom is 0.301 e. The Bertz CT molecular complexity index is 570. The van der Waals surface area contributed by atoms with Crippen molar-refractivity contribution in [2.45, 2.75) is 19.8 Å². The highest BCUT2D eigenvalue weighted by molar-refractivity contribution is 7.90. The van der Waals surface area contributed by atoms with Gasteiger partial charge in [0.1, 0.15) is 5.82 Å². The number of nitrogens with one attached hydrogen (secondary N) is 2. The van der Waals surface area contributed by atoms with Crippen molar-refractivity contribution in [2.75, 3.05) is 31.4 Å². The van der Waals surface area contributed by atoms with Gasteiger partial charge in [0.25, 0.3) is 0 Å². The van der Waals surface area contributed by atoms with Gasteiger partial charge in [0, 0.05) is 13.1 Å². The SMILES string of the molecule is CNCC1CCCN(S(=O)(=O)Nc2cc(C)cc(F)c2)C1. The van der Waals surface area contributed by atoms with E-state index in [0.29, 0.717) is 24.6 Å². The van der Waals surface area contributed by atoms with E-state index < -0.39 is 16.0 Å². The zero-order valence-electron chi connectivity index (χ0n) is 12.4. The summed E-state index contributed by atoms with van der Waals surface area (Å²) in [7, 11) is -1.77. The van der Waals surface area contributed by atoms with E-state index in [-0.39, 0.29) is 5.69 Å². The number of benzene rings is 1. The maximum absolute atomic E-state index is 13.4. The second kappa shape index (κ2) is 6.72. The predicted octanol–water partition coefficient (Wildman–Crippen LogP) is 1.72. The lowest BCUT2D eigenvalue weighted by atomic mass is 10.00. The molecule has 1 aromatic rings. The molecule has 0 saturated carbocycles. The third-order valence-electron chi connectivity index (χ3n) is 3.60. The second-order valence-corrected chi connectivity index (χ2v) is 7.22. The standard InChI is InChI=1S/C14H22FN3O2S/c1-11-6-13(15)8-14(7-11)17-21(19,20)18-5-3-4-12(10-18)9-16-2/h6-8,12,16-17H,3-5,9-10H2,1-2H3. The molecule has 0 spiro atoms. The molecule has 2 N–H and O–H groups in total. The molecule has 0 aromatic heterocycles. The molecule has 2 rings (SSSR count). The van der Waals surface area contributed by atoms with Gasteiger partial charge >= 0.3 is 10.2 Å². The predicted molar refractivity (Wildman–Crippen MR) is 81.9 cm³/mol. The minimum Gasteiger partial charge on any atom is -0.319 e. The van der Waals surface area contributed by atoms with Crippen molar-refractivity contribution in [2.24, 2.45) is 5.92 Å². The number of anilines is 1.